The van der Waals surface area contributed by atoms with Crippen molar-refractivity contribution in [1.29, 1.82) is 0 Å². The molecule has 0 saturated heterocycles. The lowest BCUT2D eigenvalue weighted by Crippen LogP contribution is -2.14. The third kappa shape index (κ3) is 2.10. The first-order valence-corrected chi connectivity index (χ1v) is 6.19. The molecular formula is C9H11N3O2S. The number of hydrogen-bond donors (Lipinski definition) is 2. The predicted octanol–water partition coefficient (Wildman–Crippen LogP) is 1.32. The number of nitrogens with zero attached hydrogens (tertiary/aromatic N) is 1. The summed E-state index contributed by atoms with van der Waals surface area (Å²) < 4.78 is 25.1. The first-order chi connectivity index (χ1) is 7.11. The summed E-state index contributed by atoms with van der Waals surface area (Å²) in [6.45, 7) is 1.60. The van der Waals surface area contributed by atoms with Gasteiger partial charge in [0.25, 0.3) is 0 Å². The molecule has 2 aromatic rings. The van der Waals surface area contributed by atoms with Gasteiger partial charge < -0.3 is 0 Å². The number of sulfonamides is 1. The lowest BCUT2D eigenvalue weighted by Gasteiger charge is -2.05. The van der Waals surface area contributed by atoms with E-state index in [1.165, 1.54) is 0 Å². The number of aromatic amines is 1. The minimum absolute atomic E-state index is 0.0659. The molecule has 15 heavy (non-hydrogen) atoms. The van der Waals surface area contributed by atoms with Crippen LogP contribution in [0.5, 0.6) is 0 Å². The Balaban J connectivity index is 2.37. The van der Waals surface area contributed by atoms with Gasteiger partial charge in [-0.1, -0.05) is 0 Å². The van der Waals surface area contributed by atoms with Crippen molar-refractivity contribution in [2.75, 3.05) is 10.5 Å². The fourth-order valence-corrected chi connectivity index (χ4v) is 1.89. The Hall–Kier alpha value is -1.56. The Bertz CT molecular complexity index is 574. The number of hydrogen-bond acceptors (Lipinski definition) is 3. The first-order valence-electron chi connectivity index (χ1n) is 4.54. The van der Waals surface area contributed by atoms with Crippen molar-refractivity contribution in [3.05, 3.63) is 24.4 Å². The van der Waals surface area contributed by atoms with Crippen LogP contribution in [0.4, 0.5) is 5.69 Å². The number of H-pyrrole nitrogens is 1. The lowest BCUT2D eigenvalue weighted by molar-refractivity contribution is 0.602. The van der Waals surface area contributed by atoms with Gasteiger partial charge >= 0.3 is 0 Å². The van der Waals surface area contributed by atoms with Gasteiger partial charge in [-0.05, 0) is 25.1 Å². The van der Waals surface area contributed by atoms with Gasteiger partial charge in [0, 0.05) is 11.1 Å². The van der Waals surface area contributed by atoms with E-state index in [2.05, 4.69) is 14.9 Å². The smallest absolute Gasteiger partial charge is 0.232 e. The average Bonchev–Trinajstić information content (AvgIpc) is 2.64. The number of rotatable bonds is 3. The summed E-state index contributed by atoms with van der Waals surface area (Å²) in [6, 6.07) is 5.23. The van der Waals surface area contributed by atoms with Crippen LogP contribution >= 0.6 is 0 Å². The maximum atomic E-state index is 11.3. The minimum atomic E-state index is -3.20. The minimum Gasteiger partial charge on any atom is -0.284 e. The fourth-order valence-electron chi connectivity index (χ4n) is 1.26. The van der Waals surface area contributed by atoms with Crippen molar-refractivity contribution < 1.29 is 8.42 Å². The van der Waals surface area contributed by atoms with Gasteiger partial charge in [-0.25, -0.2) is 8.42 Å². The molecule has 0 unspecified atom stereocenters. The van der Waals surface area contributed by atoms with Crippen LogP contribution in [0.1, 0.15) is 6.92 Å². The molecule has 0 spiro atoms. The van der Waals surface area contributed by atoms with Gasteiger partial charge in [0.15, 0.2) is 0 Å². The van der Waals surface area contributed by atoms with Crippen molar-refractivity contribution >= 4 is 26.6 Å². The van der Waals surface area contributed by atoms with Gasteiger partial charge in [-0.15, -0.1) is 0 Å². The quantitative estimate of drug-likeness (QED) is 0.827. The van der Waals surface area contributed by atoms with E-state index in [4.69, 9.17) is 0 Å². The molecule has 0 fully saturated rings. The Kier molecular flexibility index (Phi) is 2.36. The molecule has 0 radical (unpaired) electrons. The largest absolute Gasteiger partial charge is 0.284 e. The fraction of sp³-hybridized carbons (Fsp3) is 0.222. The third-order valence-electron chi connectivity index (χ3n) is 2.09. The van der Waals surface area contributed by atoms with Crippen LogP contribution in [-0.4, -0.2) is 24.4 Å². The Morgan fingerprint density at radius 2 is 2.27 bits per heavy atom. The summed E-state index contributed by atoms with van der Waals surface area (Å²) >= 11 is 0. The van der Waals surface area contributed by atoms with Crippen LogP contribution in [0.2, 0.25) is 0 Å². The van der Waals surface area contributed by atoms with Crippen LogP contribution in [0.15, 0.2) is 24.4 Å². The lowest BCUT2D eigenvalue weighted by atomic mass is 10.2. The van der Waals surface area contributed by atoms with Crippen molar-refractivity contribution in [3.8, 4) is 0 Å². The number of anilines is 1. The van der Waals surface area contributed by atoms with E-state index in [0.29, 0.717) is 5.69 Å². The molecule has 1 aromatic carbocycles. The van der Waals surface area contributed by atoms with Crippen LogP contribution in [0.3, 0.4) is 0 Å². The SMILES string of the molecule is CCS(=O)(=O)Nc1ccc2[nH]ncc2c1. The summed E-state index contributed by atoms with van der Waals surface area (Å²) in [5.74, 6) is 0.0659. The summed E-state index contributed by atoms with van der Waals surface area (Å²) in [7, 11) is -3.20. The first kappa shape index (κ1) is 9.97. The number of aromatic nitrogens is 2. The number of nitrogens with one attached hydrogen (secondary N) is 2. The molecule has 0 saturated carbocycles. The van der Waals surface area contributed by atoms with Gasteiger partial charge in [-0.2, -0.15) is 5.10 Å². The number of fused-ring (bicyclic) bond motifs is 1. The molecule has 80 valence electrons. The highest BCUT2D eigenvalue weighted by atomic mass is 32.2. The van der Waals surface area contributed by atoms with E-state index < -0.39 is 10.0 Å². The van der Waals surface area contributed by atoms with E-state index in [1.807, 2.05) is 0 Å². The molecule has 5 nitrogen and oxygen atoms in total. The van der Waals surface area contributed by atoms with E-state index >= 15 is 0 Å². The second-order valence-electron chi connectivity index (χ2n) is 3.18. The average molecular weight is 225 g/mol. The second kappa shape index (κ2) is 3.54. The van der Waals surface area contributed by atoms with E-state index in [1.54, 1.807) is 31.3 Å². The Morgan fingerprint density at radius 1 is 1.47 bits per heavy atom. The zero-order valence-corrected chi connectivity index (χ0v) is 9.00. The van der Waals surface area contributed by atoms with E-state index in [0.717, 1.165) is 10.9 Å². The Labute approximate surface area is 87.6 Å². The van der Waals surface area contributed by atoms with Crippen LogP contribution < -0.4 is 4.72 Å². The van der Waals surface area contributed by atoms with Crippen LogP contribution in [0.25, 0.3) is 10.9 Å². The molecule has 2 rings (SSSR count). The molecule has 1 heterocycles. The van der Waals surface area contributed by atoms with Crippen molar-refractivity contribution in [2.24, 2.45) is 0 Å². The summed E-state index contributed by atoms with van der Waals surface area (Å²) in [6.07, 6.45) is 1.65. The van der Waals surface area contributed by atoms with Crippen molar-refractivity contribution in [2.45, 2.75) is 6.92 Å². The molecule has 0 atom stereocenters. The number of benzene rings is 1. The monoisotopic (exact) mass is 225 g/mol. The molecule has 6 heteroatoms. The normalized spacial score (nSPS) is 11.8. The molecular weight excluding hydrogens is 214 g/mol. The van der Waals surface area contributed by atoms with E-state index in [9.17, 15) is 8.42 Å². The summed E-state index contributed by atoms with van der Waals surface area (Å²) in [5.41, 5.74) is 1.44. The summed E-state index contributed by atoms with van der Waals surface area (Å²) in [5, 5.41) is 7.53. The highest BCUT2D eigenvalue weighted by molar-refractivity contribution is 7.92. The molecule has 0 bridgehead atoms. The van der Waals surface area contributed by atoms with Crippen molar-refractivity contribution in [1.82, 2.24) is 10.2 Å². The molecule has 0 aliphatic carbocycles. The van der Waals surface area contributed by atoms with E-state index in [-0.39, 0.29) is 5.75 Å². The zero-order valence-electron chi connectivity index (χ0n) is 8.19. The highest BCUT2D eigenvalue weighted by Crippen LogP contribution is 2.17. The zero-order chi connectivity index (χ0) is 10.9. The molecule has 2 N–H and O–H groups in total. The standard InChI is InChI=1S/C9H11N3O2S/c1-2-15(13,14)12-8-3-4-9-7(5-8)6-10-11-9/h3-6,12H,2H2,1H3,(H,10,11). The predicted molar refractivity (Wildman–Crippen MR) is 59.2 cm³/mol. The van der Waals surface area contributed by atoms with Gasteiger partial charge in [0.1, 0.15) is 0 Å². The maximum absolute atomic E-state index is 11.3. The topological polar surface area (TPSA) is 74.8 Å². The van der Waals surface area contributed by atoms with Crippen LogP contribution in [-0.2, 0) is 10.0 Å². The second-order valence-corrected chi connectivity index (χ2v) is 5.19. The summed E-state index contributed by atoms with van der Waals surface area (Å²) in [4.78, 5) is 0. The van der Waals surface area contributed by atoms with Gasteiger partial charge in [-0.3, -0.25) is 9.82 Å². The molecule has 0 aliphatic rings. The van der Waals surface area contributed by atoms with Gasteiger partial charge in [0.2, 0.25) is 10.0 Å². The maximum Gasteiger partial charge on any atom is 0.232 e. The highest BCUT2D eigenvalue weighted by Gasteiger charge is 2.06. The van der Waals surface area contributed by atoms with Crippen LogP contribution in [0, 0.1) is 0 Å². The third-order valence-corrected chi connectivity index (χ3v) is 3.40. The molecule has 1 aromatic heterocycles. The molecule has 0 amide bonds. The van der Waals surface area contributed by atoms with Crippen molar-refractivity contribution in [3.63, 3.8) is 0 Å². The van der Waals surface area contributed by atoms with Gasteiger partial charge in [0.05, 0.1) is 17.5 Å². The Morgan fingerprint density at radius 3 is 3.00 bits per heavy atom. The molecule has 0 aliphatic heterocycles.